The molecule has 6 rings (SSSR count). The summed E-state index contributed by atoms with van der Waals surface area (Å²) < 4.78 is 11.7. The number of ether oxygens (including phenoxy) is 1. The summed E-state index contributed by atoms with van der Waals surface area (Å²) in [5.41, 5.74) is 8.58. The molecule has 3 heterocycles. The lowest BCUT2D eigenvalue weighted by molar-refractivity contribution is 0.364. The van der Waals surface area contributed by atoms with Crippen molar-refractivity contribution < 1.29 is 9.15 Å². The van der Waals surface area contributed by atoms with E-state index in [-0.39, 0.29) is 11.5 Å². The number of hydrogen-bond donors (Lipinski definition) is 1. The van der Waals surface area contributed by atoms with Crippen molar-refractivity contribution in [2.45, 2.75) is 12.0 Å². The molecule has 0 fully saturated rings. The number of nitrogens with two attached hydrogens (primary N) is 1. The lowest BCUT2D eigenvalue weighted by Crippen LogP contribution is -2.44. The number of fused-ring (bicyclic) bond motifs is 6. The molecule has 1 spiro atoms. The van der Waals surface area contributed by atoms with Crippen LogP contribution in [0, 0.1) is 11.3 Å². The molecule has 33 heavy (non-hydrogen) atoms. The zero-order chi connectivity index (χ0) is 22.6. The monoisotopic (exact) mass is 433 g/mol. The molecule has 1 aromatic heterocycles. The van der Waals surface area contributed by atoms with Gasteiger partial charge in [-0.1, -0.05) is 60.7 Å². The van der Waals surface area contributed by atoms with E-state index in [1.54, 1.807) is 12.1 Å². The normalized spacial score (nSPS) is 18.7. The molecule has 3 aromatic carbocycles. The molecule has 160 valence electrons. The number of hydrogen-bond acceptors (Lipinski definition) is 6. The topological polar surface area (TPSA) is 92.5 Å². The van der Waals surface area contributed by atoms with Gasteiger partial charge in [-0.2, -0.15) is 5.26 Å². The summed E-state index contributed by atoms with van der Waals surface area (Å²) >= 11 is 0. The number of benzene rings is 3. The van der Waals surface area contributed by atoms with Gasteiger partial charge in [0.15, 0.2) is 5.75 Å². The van der Waals surface area contributed by atoms with E-state index >= 15 is 0 Å². The van der Waals surface area contributed by atoms with Crippen LogP contribution in [0.2, 0.25) is 0 Å². The maximum absolute atomic E-state index is 13.4. The summed E-state index contributed by atoms with van der Waals surface area (Å²) in [6, 6.07) is 27.4. The van der Waals surface area contributed by atoms with Gasteiger partial charge in [-0.3, -0.25) is 0 Å². The SMILES string of the molecule is N#CC1=C(N)Oc2c(c(=O)oc3ccccc23)C12CN(Cc1ccccc1)c1ccccc12. The van der Waals surface area contributed by atoms with Gasteiger partial charge in [0.25, 0.3) is 0 Å². The molecule has 0 bridgehead atoms. The van der Waals surface area contributed by atoms with Crippen molar-refractivity contribution in [1.82, 2.24) is 0 Å². The zero-order valence-electron chi connectivity index (χ0n) is 17.6. The fraction of sp³-hybridized carbons (Fsp3) is 0.111. The second-order valence-corrected chi connectivity index (χ2v) is 8.31. The Hall–Kier alpha value is -4.50. The maximum atomic E-state index is 13.4. The third-order valence-electron chi connectivity index (χ3n) is 6.54. The number of anilines is 1. The van der Waals surface area contributed by atoms with E-state index < -0.39 is 11.0 Å². The summed E-state index contributed by atoms with van der Waals surface area (Å²) in [7, 11) is 0. The summed E-state index contributed by atoms with van der Waals surface area (Å²) in [5, 5.41) is 10.8. The predicted molar refractivity (Wildman–Crippen MR) is 125 cm³/mol. The van der Waals surface area contributed by atoms with E-state index in [9.17, 15) is 10.1 Å². The van der Waals surface area contributed by atoms with Crippen molar-refractivity contribution in [3.05, 3.63) is 117 Å². The minimum absolute atomic E-state index is 0.0112. The third-order valence-corrected chi connectivity index (χ3v) is 6.54. The number of nitrogens with zero attached hydrogens (tertiary/aromatic N) is 2. The Kier molecular flexibility index (Phi) is 4.08. The standard InChI is InChI=1S/C27H19N3O3/c28-14-20-25(29)33-24-18-10-4-7-13-22(18)32-26(31)23(24)27(20)16-30(15-17-8-2-1-3-9-17)21-12-6-5-11-19(21)27/h1-13H,15-16,29H2. The Bertz CT molecular complexity index is 1550. The molecule has 0 aliphatic carbocycles. The van der Waals surface area contributed by atoms with Gasteiger partial charge in [0.05, 0.1) is 16.4 Å². The second kappa shape index (κ2) is 7.01. The van der Waals surface area contributed by atoms with Crippen LogP contribution in [0.3, 0.4) is 0 Å². The van der Waals surface area contributed by atoms with Gasteiger partial charge in [-0.05, 0) is 29.3 Å². The minimum Gasteiger partial charge on any atom is -0.439 e. The summed E-state index contributed by atoms with van der Waals surface area (Å²) in [6.45, 7) is 0.984. The van der Waals surface area contributed by atoms with Crippen LogP contribution in [0.1, 0.15) is 16.7 Å². The van der Waals surface area contributed by atoms with Gasteiger partial charge >= 0.3 is 5.63 Å². The number of para-hydroxylation sites is 2. The molecule has 6 heteroatoms. The lowest BCUT2D eigenvalue weighted by atomic mass is 9.69. The molecule has 0 saturated heterocycles. The molecule has 1 atom stereocenters. The Labute approximate surface area is 189 Å². The Morgan fingerprint density at radius 3 is 2.55 bits per heavy atom. The fourth-order valence-electron chi connectivity index (χ4n) is 5.18. The van der Waals surface area contributed by atoms with Crippen LogP contribution in [0.5, 0.6) is 5.75 Å². The first-order valence-corrected chi connectivity index (χ1v) is 10.7. The van der Waals surface area contributed by atoms with E-state index in [0.29, 0.717) is 35.4 Å². The molecule has 2 aliphatic rings. The smallest absolute Gasteiger partial charge is 0.344 e. The second-order valence-electron chi connectivity index (χ2n) is 8.31. The van der Waals surface area contributed by atoms with Crippen molar-refractivity contribution in [2.24, 2.45) is 5.73 Å². The summed E-state index contributed by atoms with van der Waals surface area (Å²) in [5.74, 6) is 0.367. The largest absolute Gasteiger partial charge is 0.439 e. The van der Waals surface area contributed by atoms with Gasteiger partial charge < -0.3 is 19.8 Å². The molecular weight excluding hydrogens is 414 g/mol. The molecule has 4 aromatic rings. The van der Waals surface area contributed by atoms with E-state index in [1.807, 2.05) is 54.6 Å². The summed E-state index contributed by atoms with van der Waals surface area (Å²) in [4.78, 5) is 15.6. The lowest BCUT2D eigenvalue weighted by Gasteiger charge is -2.35. The first-order valence-electron chi connectivity index (χ1n) is 10.7. The van der Waals surface area contributed by atoms with Crippen molar-refractivity contribution in [3.63, 3.8) is 0 Å². The number of rotatable bonds is 2. The molecule has 6 nitrogen and oxygen atoms in total. The van der Waals surface area contributed by atoms with E-state index in [1.165, 1.54) is 0 Å². The first kappa shape index (κ1) is 19.2. The molecular formula is C27H19N3O3. The predicted octanol–water partition coefficient (Wildman–Crippen LogP) is 4.19. The quantitative estimate of drug-likeness (QED) is 0.477. The van der Waals surface area contributed by atoms with Crippen LogP contribution in [-0.4, -0.2) is 6.54 Å². The Morgan fingerprint density at radius 1 is 1.00 bits per heavy atom. The maximum Gasteiger partial charge on any atom is 0.344 e. The minimum atomic E-state index is -1.09. The van der Waals surface area contributed by atoms with E-state index in [4.69, 9.17) is 14.9 Å². The van der Waals surface area contributed by atoms with Crippen LogP contribution in [-0.2, 0) is 12.0 Å². The number of nitriles is 1. The van der Waals surface area contributed by atoms with Crippen LogP contribution in [0.25, 0.3) is 11.0 Å². The molecule has 2 aliphatic heterocycles. The van der Waals surface area contributed by atoms with Crippen molar-refractivity contribution in [2.75, 3.05) is 11.4 Å². The van der Waals surface area contributed by atoms with Crippen molar-refractivity contribution in [3.8, 4) is 11.8 Å². The molecule has 2 N–H and O–H groups in total. The van der Waals surface area contributed by atoms with Gasteiger partial charge in [-0.15, -0.1) is 0 Å². The van der Waals surface area contributed by atoms with Crippen LogP contribution < -0.4 is 21.0 Å². The van der Waals surface area contributed by atoms with Gasteiger partial charge in [-0.25, -0.2) is 4.79 Å². The highest BCUT2D eigenvalue weighted by Gasteiger charge is 2.54. The average Bonchev–Trinajstić information content (AvgIpc) is 3.14. The van der Waals surface area contributed by atoms with Crippen molar-refractivity contribution in [1.29, 1.82) is 5.26 Å². The zero-order valence-corrected chi connectivity index (χ0v) is 17.6. The molecule has 0 amide bonds. The van der Waals surface area contributed by atoms with Gasteiger partial charge in [0.2, 0.25) is 5.88 Å². The molecule has 0 radical (unpaired) electrons. The van der Waals surface area contributed by atoms with Crippen LogP contribution in [0.4, 0.5) is 5.69 Å². The molecule has 0 saturated carbocycles. The fourth-order valence-corrected chi connectivity index (χ4v) is 5.18. The van der Waals surface area contributed by atoms with Gasteiger partial charge in [0, 0.05) is 18.8 Å². The highest BCUT2D eigenvalue weighted by atomic mass is 16.5. The Balaban J connectivity index is 1.66. The third kappa shape index (κ3) is 2.63. The highest BCUT2D eigenvalue weighted by molar-refractivity contribution is 5.88. The van der Waals surface area contributed by atoms with Crippen LogP contribution in [0.15, 0.2) is 99.5 Å². The Morgan fingerprint density at radius 2 is 1.73 bits per heavy atom. The first-order chi connectivity index (χ1) is 16.1. The summed E-state index contributed by atoms with van der Waals surface area (Å²) in [6.07, 6.45) is 0. The van der Waals surface area contributed by atoms with E-state index in [0.717, 1.165) is 16.8 Å². The average molecular weight is 433 g/mol. The molecule has 1 unspecified atom stereocenters. The van der Waals surface area contributed by atoms with E-state index in [2.05, 4.69) is 23.1 Å². The van der Waals surface area contributed by atoms with Crippen LogP contribution >= 0.6 is 0 Å². The van der Waals surface area contributed by atoms with Gasteiger partial charge in [0.1, 0.15) is 17.2 Å². The highest BCUT2D eigenvalue weighted by Crippen LogP contribution is 2.54. The van der Waals surface area contributed by atoms with Crippen molar-refractivity contribution >= 4 is 16.7 Å².